The Hall–Kier alpha value is -1.04. The van der Waals surface area contributed by atoms with Gasteiger partial charge in [-0.2, -0.15) is 0 Å². The van der Waals surface area contributed by atoms with Crippen molar-refractivity contribution in [3.8, 4) is 11.5 Å². The second-order valence-corrected chi connectivity index (χ2v) is 5.76. The molecule has 1 aromatic rings. The first-order valence-corrected chi connectivity index (χ1v) is 7.20. The van der Waals surface area contributed by atoms with Gasteiger partial charge < -0.3 is 14.9 Å². The molecule has 1 aliphatic heterocycles. The molecule has 0 saturated carbocycles. The van der Waals surface area contributed by atoms with Crippen LogP contribution in [0.25, 0.3) is 0 Å². The first-order chi connectivity index (χ1) is 8.28. The van der Waals surface area contributed by atoms with Gasteiger partial charge in [0.15, 0.2) is 0 Å². The molecule has 0 aliphatic carbocycles. The highest BCUT2D eigenvalue weighted by Crippen LogP contribution is 2.39. The molecule has 0 aromatic heterocycles. The van der Waals surface area contributed by atoms with Crippen LogP contribution in [0.4, 0.5) is 0 Å². The van der Waals surface area contributed by atoms with Gasteiger partial charge >= 0.3 is 0 Å². The van der Waals surface area contributed by atoms with Crippen LogP contribution in [0, 0.1) is 0 Å². The maximum Gasteiger partial charge on any atom is 0.123 e. The quantitative estimate of drug-likeness (QED) is 0.822. The van der Waals surface area contributed by atoms with Crippen LogP contribution in [0.15, 0.2) is 46.2 Å². The maximum atomic E-state index is 9.28. The Morgan fingerprint density at radius 2 is 1.88 bits per heavy atom. The van der Waals surface area contributed by atoms with E-state index in [2.05, 4.69) is 0 Å². The highest BCUT2D eigenvalue weighted by molar-refractivity contribution is 8.79. The molecule has 1 aliphatic rings. The molecule has 0 unspecified atom stereocenters. The average molecular weight is 268 g/mol. The third-order valence-electron chi connectivity index (χ3n) is 2.07. The zero-order chi connectivity index (χ0) is 12.1. The summed E-state index contributed by atoms with van der Waals surface area (Å²) in [7, 11) is 3.12. The molecule has 1 aromatic carbocycles. The summed E-state index contributed by atoms with van der Waals surface area (Å²) in [6.45, 7) is 0.547. The number of phenolic OH excluding ortho intramolecular Hbond substituents is 1. The molecule has 0 bridgehead atoms. The van der Waals surface area contributed by atoms with Gasteiger partial charge in [0, 0.05) is 15.9 Å². The molecule has 5 heteroatoms. The van der Waals surface area contributed by atoms with Crippen molar-refractivity contribution in [3.05, 3.63) is 46.2 Å². The lowest BCUT2D eigenvalue weighted by Gasteiger charge is -2.12. The van der Waals surface area contributed by atoms with E-state index >= 15 is 0 Å². The molecular formula is C12H12O3S2. The molecule has 2 rings (SSSR count). The molecule has 1 heterocycles. The van der Waals surface area contributed by atoms with Crippen molar-refractivity contribution in [1.82, 2.24) is 0 Å². The Morgan fingerprint density at radius 3 is 2.53 bits per heavy atom. The smallest absolute Gasteiger partial charge is 0.123 e. The molecule has 0 atom stereocenters. The number of phenols is 1. The van der Waals surface area contributed by atoms with Gasteiger partial charge in [-0.3, -0.25) is 0 Å². The van der Waals surface area contributed by atoms with Crippen molar-refractivity contribution in [3.63, 3.8) is 0 Å². The molecule has 0 fully saturated rings. The van der Waals surface area contributed by atoms with Crippen LogP contribution >= 0.6 is 21.6 Å². The van der Waals surface area contributed by atoms with E-state index in [1.165, 1.54) is 10.8 Å². The summed E-state index contributed by atoms with van der Waals surface area (Å²) in [5.74, 6) is 0.845. The lowest BCUT2D eigenvalue weighted by Crippen LogP contribution is -1.99. The molecule has 2 N–H and O–H groups in total. The Balaban J connectivity index is 1.91. The monoisotopic (exact) mass is 268 g/mol. The zero-order valence-corrected chi connectivity index (χ0v) is 10.6. The minimum atomic E-state index is 0.0782. The van der Waals surface area contributed by atoms with Gasteiger partial charge in [-0.05, 0) is 24.3 Å². The number of hydrogen-bond acceptors (Lipinski definition) is 5. The van der Waals surface area contributed by atoms with Crippen LogP contribution in [-0.4, -0.2) is 23.4 Å². The molecule has 90 valence electrons. The lowest BCUT2D eigenvalue weighted by atomic mass is 10.3. The van der Waals surface area contributed by atoms with E-state index < -0.39 is 0 Å². The van der Waals surface area contributed by atoms with Crippen molar-refractivity contribution in [2.75, 3.05) is 13.2 Å². The highest BCUT2D eigenvalue weighted by atomic mass is 33.1. The predicted octanol–water partition coefficient (Wildman–Crippen LogP) is 2.93. The summed E-state index contributed by atoms with van der Waals surface area (Å²) in [5.41, 5.74) is 0. The van der Waals surface area contributed by atoms with Crippen LogP contribution in [-0.2, 0) is 0 Å². The number of benzene rings is 1. The molecule has 17 heavy (non-hydrogen) atoms. The minimum absolute atomic E-state index is 0.0782. The summed E-state index contributed by atoms with van der Waals surface area (Å²) in [4.78, 5) is 2.02. The van der Waals surface area contributed by atoms with Gasteiger partial charge in [-0.1, -0.05) is 27.7 Å². The highest BCUT2D eigenvalue weighted by Gasteiger charge is 2.08. The van der Waals surface area contributed by atoms with Crippen LogP contribution in [0.5, 0.6) is 11.5 Å². The van der Waals surface area contributed by atoms with Crippen LogP contribution in [0.3, 0.4) is 0 Å². The fourth-order valence-corrected chi connectivity index (χ4v) is 3.13. The van der Waals surface area contributed by atoms with E-state index in [0.717, 1.165) is 9.81 Å². The number of aliphatic hydroxyl groups is 1. The van der Waals surface area contributed by atoms with Gasteiger partial charge in [0.25, 0.3) is 0 Å². The standard InChI is InChI=1S/C12H12O3S2/c13-7-11-4-5-12(17-16-11)8-15-10-3-1-2-9(14)6-10/h1-6,13-14H,7-8H2. The molecule has 0 saturated heterocycles. The van der Waals surface area contributed by atoms with Gasteiger partial charge in [-0.15, -0.1) is 0 Å². The Bertz CT molecular complexity index is 455. The minimum Gasteiger partial charge on any atom is -0.508 e. The van der Waals surface area contributed by atoms with Crippen LogP contribution < -0.4 is 4.74 Å². The molecular weight excluding hydrogens is 256 g/mol. The van der Waals surface area contributed by atoms with E-state index in [1.807, 2.05) is 12.2 Å². The summed E-state index contributed by atoms with van der Waals surface area (Å²) in [6.07, 6.45) is 3.83. The van der Waals surface area contributed by atoms with Gasteiger partial charge in [-0.25, -0.2) is 0 Å². The fourth-order valence-electron chi connectivity index (χ4n) is 1.23. The number of aliphatic hydroxyl groups excluding tert-OH is 1. The Kier molecular flexibility index (Phi) is 4.42. The number of ether oxygens (including phenoxy) is 1. The van der Waals surface area contributed by atoms with E-state index in [-0.39, 0.29) is 12.4 Å². The van der Waals surface area contributed by atoms with Crippen LogP contribution in [0.2, 0.25) is 0 Å². The Labute approximate surface area is 108 Å². The first-order valence-electron chi connectivity index (χ1n) is 5.05. The number of allylic oxidation sites excluding steroid dienone is 2. The third kappa shape index (κ3) is 3.73. The molecule has 0 amide bonds. The van der Waals surface area contributed by atoms with Gasteiger partial charge in [0.2, 0.25) is 0 Å². The van der Waals surface area contributed by atoms with Crippen molar-refractivity contribution < 1.29 is 14.9 Å². The molecule has 3 nitrogen and oxygen atoms in total. The summed E-state index contributed by atoms with van der Waals surface area (Å²) < 4.78 is 5.54. The fraction of sp³-hybridized carbons (Fsp3) is 0.167. The normalized spacial score (nSPS) is 15.1. The topological polar surface area (TPSA) is 49.7 Å². The van der Waals surface area contributed by atoms with Crippen molar-refractivity contribution >= 4 is 21.6 Å². The maximum absolute atomic E-state index is 9.28. The third-order valence-corrected chi connectivity index (χ3v) is 4.63. The van der Waals surface area contributed by atoms with Gasteiger partial charge in [0.05, 0.1) is 6.61 Å². The zero-order valence-electron chi connectivity index (χ0n) is 9.00. The number of hydrogen-bond donors (Lipinski definition) is 2. The summed E-state index contributed by atoms with van der Waals surface area (Å²) in [5, 5.41) is 18.2. The van der Waals surface area contributed by atoms with E-state index in [0.29, 0.717) is 12.4 Å². The first kappa shape index (κ1) is 12.4. The predicted molar refractivity (Wildman–Crippen MR) is 72.0 cm³/mol. The van der Waals surface area contributed by atoms with E-state index in [9.17, 15) is 5.11 Å². The van der Waals surface area contributed by atoms with Crippen LogP contribution in [0.1, 0.15) is 0 Å². The average Bonchev–Trinajstić information content (AvgIpc) is 2.37. The van der Waals surface area contributed by atoms with Crippen molar-refractivity contribution in [2.45, 2.75) is 0 Å². The second-order valence-electron chi connectivity index (χ2n) is 3.38. The number of rotatable bonds is 4. The molecule has 0 spiro atoms. The summed E-state index contributed by atoms with van der Waals surface area (Å²) >= 11 is 0. The largest absolute Gasteiger partial charge is 0.508 e. The van der Waals surface area contributed by atoms with E-state index in [1.54, 1.807) is 35.1 Å². The second kappa shape index (κ2) is 6.05. The van der Waals surface area contributed by atoms with Gasteiger partial charge in [0.1, 0.15) is 18.1 Å². The number of aromatic hydroxyl groups is 1. The Morgan fingerprint density at radius 1 is 1.12 bits per heavy atom. The SMILES string of the molecule is OCC1=CC=C(COc2cccc(O)c2)SS1. The summed E-state index contributed by atoms with van der Waals surface area (Å²) in [6, 6.07) is 6.73. The van der Waals surface area contributed by atoms with Crippen molar-refractivity contribution in [1.29, 1.82) is 0 Å². The lowest BCUT2D eigenvalue weighted by molar-refractivity contribution is 0.339. The van der Waals surface area contributed by atoms with Crippen molar-refractivity contribution in [2.24, 2.45) is 0 Å². The van der Waals surface area contributed by atoms with E-state index in [4.69, 9.17) is 9.84 Å². The molecule has 0 radical (unpaired) electrons.